The topological polar surface area (TPSA) is 49.8 Å². The van der Waals surface area contributed by atoms with E-state index in [1.165, 1.54) is 0 Å². The zero-order valence-corrected chi connectivity index (χ0v) is 9.40. The van der Waals surface area contributed by atoms with Crippen molar-refractivity contribution in [3.8, 4) is 0 Å². The molecule has 0 aliphatic carbocycles. The average Bonchev–Trinajstić information content (AvgIpc) is 2.69. The molecular formula is C11H19NO3. The predicted molar refractivity (Wildman–Crippen MR) is 55.8 cm³/mol. The second kappa shape index (κ2) is 3.76. The molecule has 15 heavy (non-hydrogen) atoms. The fourth-order valence-electron chi connectivity index (χ4n) is 2.73. The minimum Gasteiger partial charge on any atom is -0.480 e. The summed E-state index contributed by atoms with van der Waals surface area (Å²) < 4.78 is 5.48. The molecule has 2 aliphatic rings. The van der Waals surface area contributed by atoms with Crippen LogP contribution in [0.5, 0.6) is 0 Å². The molecule has 86 valence electrons. The second-order valence-corrected chi connectivity index (χ2v) is 5.25. The van der Waals surface area contributed by atoms with Crippen molar-refractivity contribution >= 4 is 5.97 Å². The Bertz CT molecular complexity index is 265. The number of likely N-dealkylation sites (tertiary alicyclic amines) is 1. The smallest absolute Gasteiger partial charge is 0.320 e. The maximum absolute atomic E-state index is 11.1. The Morgan fingerprint density at radius 3 is 2.80 bits per heavy atom. The monoisotopic (exact) mass is 213 g/mol. The van der Waals surface area contributed by atoms with Gasteiger partial charge in [-0.25, -0.2) is 0 Å². The van der Waals surface area contributed by atoms with Gasteiger partial charge in [-0.2, -0.15) is 0 Å². The van der Waals surface area contributed by atoms with Crippen molar-refractivity contribution in [2.45, 2.75) is 38.8 Å². The van der Waals surface area contributed by atoms with E-state index < -0.39 is 5.97 Å². The van der Waals surface area contributed by atoms with Crippen molar-refractivity contribution in [2.75, 3.05) is 19.8 Å². The highest BCUT2D eigenvalue weighted by Crippen LogP contribution is 2.35. The number of rotatable bonds is 2. The highest BCUT2D eigenvalue weighted by atomic mass is 16.5. The van der Waals surface area contributed by atoms with Gasteiger partial charge < -0.3 is 9.84 Å². The molecule has 0 bridgehead atoms. The first-order valence-electron chi connectivity index (χ1n) is 5.59. The van der Waals surface area contributed by atoms with Crippen molar-refractivity contribution in [2.24, 2.45) is 5.41 Å². The van der Waals surface area contributed by atoms with Gasteiger partial charge in [-0.15, -0.1) is 0 Å². The third-order valence-electron chi connectivity index (χ3n) is 3.63. The molecular weight excluding hydrogens is 194 g/mol. The third-order valence-corrected chi connectivity index (χ3v) is 3.63. The van der Waals surface area contributed by atoms with Gasteiger partial charge in [-0.3, -0.25) is 9.69 Å². The summed E-state index contributed by atoms with van der Waals surface area (Å²) in [6, 6.07) is -0.0305. The van der Waals surface area contributed by atoms with Crippen LogP contribution in [-0.2, 0) is 9.53 Å². The van der Waals surface area contributed by atoms with Gasteiger partial charge in [0, 0.05) is 11.5 Å². The fraction of sp³-hybridized carbons (Fsp3) is 0.909. The molecule has 0 radical (unpaired) electrons. The number of hydrogen-bond donors (Lipinski definition) is 1. The summed E-state index contributed by atoms with van der Waals surface area (Å²) in [7, 11) is 0. The van der Waals surface area contributed by atoms with Crippen LogP contribution >= 0.6 is 0 Å². The number of carbonyl (C=O) groups is 1. The zero-order valence-electron chi connectivity index (χ0n) is 9.40. The average molecular weight is 213 g/mol. The Balaban J connectivity index is 2.12. The fourth-order valence-corrected chi connectivity index (χ4v) is 2.73. The first-order valence-corrected chi connectivity index (χ1v) is 5.59. The molecule has 2 saturated heterocycles. The summed E-state index contributed by atoms with van der Waals surface area (Å²) in [5, 5.41) is 9.13. The van der Waals surface area contributed by atoms with Crippen LogP contribution in [-0.4, -0.2) is 47.8 Å². The second-order valence-electron chi connectivity index (χ2n) is 5.25. The molecule has 0 aromatic carbocycles. The van der Waals surface area contributed by atoms with Gasteiger partial charge in [0.1, 0.15) is 6.04 Å². The van der Waals surface area contributed by atoms with Gasteiger partial charge in [0.2, 0.25) is 0 Å². The van der Waals surface area contributed by atoms with Crippen LogP contribution in [0, 0.1) is 5.41 Å². The summed E-state index contributed by atoms with van der Waals surface area (Å²) in [6.45, 7) is 6.62. The number of carboxylic acids is 1. The van der Waals surface area contributed by atoms with E-state index in [9.17, 15) is 4.79 Å². The highest BCUT2D eigenvalue weighted by Gasteiger charge is 2.45. The number of hydrogen-bond acceptors (Lipinski definition) is 3. The Morgan fingerprint density at radius 2 is 2.27 bits per heavy atom. The van der Waals surface area contributed by atoms with Crippen LogP contribution in [0.15, 0.2) is 0 Å². The lowest BCUT2D eigenvalue weighted by atomic mass is 9.86. The lowest BCUT2D eigenvalue weighted by Gasteiger charge is -2.35. The van der Waals surface area contributed by atoms with Gasteiger partial charge >= 0.3 is 5.97 Å². The molecule has 2 heterocycles. The van der Waals surface area contributed by atoms with Crippen LogP contribution in [0.1, 0.15) is 26.7 Å². The van der Waals surface area contributed by atoms with Gasteiger partial charge in [-0.1, -0.05) is 13.8 Å². The van der Waals surface area contributed by atoms with E-state index in [4.69, 9.17) is 9.84 Å². The number of ether oxygens (including phenoxy) is 1. The van der Waals surface area contributed by atoms with E-state index in [0.29, 0.717) is 6.61 Å². The summed E-state index contributed by atoms with van der Waals surface area (Å²) in [6.07, 6.45) is 1.77. The maximum Gasteiger partial charge on any atom is 0.320 e. The standard InChI is InChI=1S/C11H19NO3/c1-11(2)7-15-6-9(11)12-5-3-4-8(12)10(13)14/h8-9H,3-7H2,1-2H3,(H,13,14). The number of aliphatic carboxylic acids is 1. The minimum atomic E-state index is -0.685. The minimum absolute atomic E-state index is 0.0814. The Kier molecular flexibility index (Phi) is 2.73. The molecule has 0 spiro atoms. The molecule has 0 aromatic rings. The first-order chi connectivity index (χ1) is 7.02. The zero-order chi connectivity index (χ0) is 11.1. The largest absolute Gasteiger partial charge is 0.480 e. The van der Waals surface area contributed by atoms with Gasteiger partial charge in [0.25, 0.3) is 0 Å². The molecule has 2 rings (SSSR count). The van der Waals surface area contributed by atoms with Crippen LogP contribution in [0.2, 0.25) is 0 Å². The van der Waals surface area contributed by atoms with Crippen LogP contribution in [0.3, 0.4) is 0 Å². The normalized spacial score (nSPS) is 35.9. The van der Waals surface area contributed by atoms with Gasteiger partial charge in [0.05, 0.1) is 13.2 Å². The lowest BCUT2D eigenvalue weighted by Crippen LogP contribution is -2.49. The van der Waals surface area contributed by atoms with Crippen LogP contribution < -0.4 is 0 Å². The van der Waals surface area contributed by atoms with E-state index in [1.807, 2.05) is 0 Å². The molecule has 2 aliphatic heterocycles. The summed E-state index contributed by atoms with van der Waals surface area (Å²) in [5.74, 6) is -0.685. The lowest BCUT2D eigenvalue weighted by molar-refractivity contribution is -0.143. The molecule has 2 unspecified atom stereocenters. The Morgan fingerprint density at radius 1 is 1.53 bits per heavy atom. The van der Waals surface area contributed by atoms with E-state index in [2.05, 4.69) is 18.7 Å². The van der Waals surface area contributed by atoms with Crippen molar-refractivity contribution in [3.05, 3.63) is 0 Å². The number of nitrogens with zero attached hydrogens (tertiary/aromatic N) is 1. The molecule has 2 fully saturated rings. The van der Waals surface area contributed by atoms with E-state index >= 15 is 0 Å². The predicted octanol–water partition coefficient (Wildman–Crippen LogP) is 0.960. The van der Waals surface area contributed by atoms with Crippen molar-refractivity contribution < 1.29 is 14.6 Å². The summed E-state index contributed by atoms with van der Waals surface area (Å²) in [4.78, 5) is 13.2. The summed E-state index contributed by atoms with van der Waals surface area (Å²) in [5.41, 5.74) is 0.0814. The van der Waals surface area contributed by atoms with Gasteiger partial charge in [-0.05, 0) is 19.4 Å². The molecule has 2 atom stereocenters. The Hall–Kier alpha value is -0.610. The molecule has 4 nitrogen and oxygen atoms in total. The number of carboxylic acid groups (broad SMARTS) is 1. The van der Waals surface area contributed by atoms with E-state index in [-0.39, 0.29) is 17.5 Å². The SMILES string of the molecule is CC1(C)COCC1N1CCCC1C(=O)O. The highest BCUT2D eigenvalue weighted by molar-refractivity contribution is 5.73. The van der Waals surface area contributed by atoms with Crippen LogP contribution in [0.25, 0.3) is 0 Å². The van der Waals surface area contributed by atoms with E-state index in [0.717, 1.165) is 26.0 Å². The third kappa shape index (κ3) is 1.88. The quantitative estimate of drug-likeness (QED) is 0.742. The van der Waals surface area contributed by atoms with E-state index in [1.54, 1.807) is 0 Å². The van der Waals surface area contributed by atoms with Crippen molar-refractivity contribution in [1.29, 1.82) is 0 Å². The van der Waals surface area contributed by atoms with Gasteiger partial charge in [0.15, 0.2) is 0 Å². The summed E-state index contributed by atoms with van der Waals surface area (Å²) >= 11 is 0. The molecule has 4 heteroatoms. The molecule has 1 N–H and O–H groups in total. The van der Waals surface area contributed by atoms with Crippen molar-refractivity contribution in [3.63, 3.8) is 0 Å². The Labute approximate surface area is 90.2 Å². The van der Waals surface area contributed by atoms with Crippen LogP contribution in [0.4, 0.5) is 0 Å². The van der Waals surface area contributed by atoms with Crippen molar-refractivity contribution in [1.82, 2.24) is 4.90 Å². The maximum atomic E-state index is 11.1. The first kappa shape index (κ1) is 10.9. The molecule has 0 amide bonds. The molecule has 0 saturated carbocycles. The molecule has 0 aromatic heterocycles.